The monoisotopic (exact) mass is 351 g/mol. The van der Waals surface area contributed by atoms with E-state index in [0.717, 1.165) is 31.0 Å². The van der Waals surface area contributed by atoms with Gasteiger partial charge in [-0.3, -0.25) is 4.90 Å². The highest BCUT2D eigenvalue weighted by atomic mass is 16.5. The molecule has 3 fully saturated rings. The predicted molar refractivity (Wildman–Crippen MR) is 99.6 cm³/mol. The summed E-state index contributed by atoms with van der Waals surface area (Å²) in [7, 11) is 1.32. The molecular weight excluding hydrogens is 326 g/mol. The fourth-order valence-electron chi connectivity index (χ4n) is 4.62. The van der Waals surface area contributed by atoms with E-state index < -0.39 is 11.6 Å². The molecule has 2 bridgehead atoms. The van der Waals surface area contributed by atoms with Gasteiger partial charge in [0.15, 0.2) is 0 Å². The third kappa shape index (κ3) is 2.74. The maximum absolute atomic E-state index is 12.7. The first-order valence-electron chi connectivity index (χ1n) is 9.34. The fraction of sp³-hybridized carbons (Fsp3) is 0.409. The molecule has 1 N–H and O–H groups in total. The Balaban J connectivity index is 1.84. The lowest BCUT2D eigenvalue weighted by Gasteiger charge is -2.46. The van der Waals surface area contributed by atoms with E-state index in [0.29, 0.717) is 11.1 Å². The molecular formula is C22H25NO3. The molecule has 2 aromatic rings. The Morgan fingerprint density at radius 2 is 1.73 bits per heavy atom. The molecule has 2 unspecified atom stereocenters. The van der Waals surface area contributed by atoms with Gasteiger partial charge < -0.3 is 9.84 Å². The number of esters is 1. The highest BCUT2D eigenvalue weighted by molar-refractivity contribution is 5.86. The quantitative estimate of drug-likeness (QED) is 0.859. The van der Waals surface area contributed by atoms with Crippen LogP contribution in [0.5, 0.6) is 0 Å². The Bertz CT molecular complexity index is 783. The first-order valence-corrected chi connectivity index (χ1v) is 9.34. The summed E-state index contributed by atoms with van der Waals surface area (Å²) in [6.07, 6.45) is 3.58. The average molecular weight is 351 g/mol. The molecule has 4 heteroatoms. The number of piperidine rings is 3. The van der Waals surface area contributed by atoms with E-state index in [9.17, 15) is 9.90 Å². The molecule has 3 saturated heterocycles. The molecule has 3 aliphatic heterocycles. The van der Waals surface area contributed by atoms with E-state index in [2.05, 4.69) is 11.0 Å². The molecule has 0 amide bonds. The van der Waals surface area contributed by atoms with E-state index in [1.807, 2.05) is 36.4 Å². The second-order valence-electron chi connectivity index (χ2n) is 7.39. The number of aliphatic hydroxyl groups is 1. The molecule has 0 aliphatic carbocycles. The largest absolute Gasteiger partial charge is 0.466 e. The SMILES string of the molecule is COC(=O)C(O)(c1ccccc1)c1ccccc1C1CC2CCN1CC2. The molecule has 136 valence electrons. The summed E-state index contributed by atoms with van der Waals surface area (Å²) in [4.78, 5) is 15.2. The Morgan fingerprint density at radius 1 is 1.08 bits per heavy atom. The number of hydrogen-bond acceptors (Lipinski definition) is 4. The van der Waals surface area contributed by atoms with Gasteiger partial charge in [0, 0.05) is 11.6 Å². The molecule has 0 aromatic heterocycles. The maximum atomic E-state index is 12.7. The second kappa shape index (κ2) is 6.86. The zero-order valence-corrected chi connectivity index (χ0v) is 15.1. The van der Waals surface area contributed by atoms with Crippen molar-refractivity contribution >= 4 is 5.97 Å². The molecule has 0 saturated carbocycles. The zero-order chi connectivity index (χ0) is 18.1. The van der Waals surface area contributed by atoms with Crippen LogP contribution in [-0.4, -0.2) is 36.2 Å². The number of hydrogen-bond donors (Lipinski definition) is 1. The van der Waals surface area contributed by atoms with Crippen molar-refractivity contribution in [2.45, 2.75) is 30.9 Å². The van der Waals surface area contributed by atoms with Gasteiger partial charge in [-0.25, -0.2) is 4.79 Å². The molecule has 4 nitrogen and oxygen atoms in total. The summed E-state index contributed by atoms with van der Waals surface area (Å²) in [6, 6.07) is 17.1. The fourth-order valence-corrected chi connectivity index (χ4v) is 4.62. The number of carbonyl (C=O) groups is 1. The van der Waals surface area contributed by atoms with Gasteiger partial charge in [0.05, 0.1) is 7.11 Å². The van der Waals surface area contributed by atoms with E-state index in [1.54, 1.807) is 12.1 Å². The van der Waals surface area contributed by atoms with Crippen molar-refractivity contribution in [3.05, 3.63) is 71.3 Å². The van der Waals surface area contributed by atoms with Gasteiger partial charge in [-0.2, -0.15) is 0 Å². The van der Waals surface area contributed by atoms with Crippen molar-refractivity contribution in [2.24, 2.45) is 5.92 Å². The topological polar surface area (TPSA) is 49.8 Å². The lowest BCUT2D eigenvalue weighted by atomic mass is 9.76. The number of ether oxygens (including phenoxy) is 1. The van der Waals surface area contributed by atoms with Gasteiger partial charge >= 0.3 is 5.97 Å². The van der Waals surface area contributed by atoms with Crippen LogP contribution in [0.15, 0.2) is 54.6 Å². The minimum absolute atomic E-state index is 0.249. The van der Waals surface area contributed by atoms with E-state index in [4.69, 9.17) is 4.74 Å². The normalized spacial score (nSPS) is 26.9. The lowest BCUT2D eigenvalue weighted by Crippen LogP contribution is -2.45. The van der Waals surface area contributed by atoms with Crippen molar-refractivity contribution in [2.75, 3.05) is 20.2 Å². The molecule has 3 aliphatic rings. The molecule has 26 heavy (non-hydrogen) atoms. The van der Waals surface area contributed by atoms with E-state index >= 15 is 0 Å². The number of fused-ring (bicyclic) bond motifs is 3. The van der Waals surface area contributed by atoms with Crippen LogP contribution >= 0.6 is 0 Å². The summed E-state index contributed by atoms with van der Waals surface area (Å²) >= 11 is 0. The minimum atomic E-state index is -1.80. The Kier molecular flexibility index (Phi) is 4.55. The Hall–Kier alpha value is -2.17. The smallest absolute Gasteiger partial charge is 0.347 e. The number of benzene rings is 2. The zero-order valence-electron chi connectivity index (χ0n) is 15.1. The highest BCUT2D eigenvalue weighted by Gasteiger charge is 2.45. The Labute approximate surface area is 154 Å². The van der Waals surface area contributed by atoms with Gasteiger partial charge in [0.25, 0.3) is 0 Å². The molecule has 5 rings (SSSR count). The molecule has 2 atom stereocenters. The van der Waals surface area contributed by atoms with Gasteiger partial charge in [0.2, 0.25) is 5.60 Å². The third-order valence-corrected chi connectivity index (χ3v) is 6.03. The van der Waals surface area contributed by atoms with Crippen LogP contribution < -0.4 is 0 Å². The van der Waals surface area contributed by atoms with E-state index in [1.165, 1.54) is 20.0 Å². The molecule has 0 spiro atoms. The van der Waals surface area contributed by atoms with Crippen molar-refractivity contribution in [1.82, 2.24) is 4.90 Å². The van der Waals surface area contributed by atoms with Crippen LogP contribution in [0.4, 0.5) is 0 Å². The van der Waals surface area contributed by atoms with Gasteiger partial charge in [-0.15, -0.1) is 0 Å². The highest BCUT2D eigenvalue weighted by Crippen LogP contribution is 2.44. The second-order valence-corrected chi connectivity index (χ2v) is 7.39. The number of nitrogens with zero attached hydrogens (tertiary/aromatic N) is 1. The van der Waals surface area contributed by atoms with Crippen molar-refractivity contribution < 1.29 is 14.6 Å². The maximum Gasteiger partial charge on any atom is 0.347 e. The summed E-state index contributed by atoms with van der Waals surface area (Å²) in [6.45, 7) is 2.18. The summed E-state index contributed by atoms with van der Waals surface area (Å²) in [5.41, 5.74) is 0.407. The molecule has 0 radical (unpaired) electrons. The van der Waals surface area contributed by atoms with Crippen LogP contribution in [0.3, 0.4) is 0 Å². The third-order valence-electron chi connectivity index (χ3n) is 6.03. The van der Waals surface area contributed by atoms with Gasteiger partial charge in [-0.1, -0.05) is 54.6 Å². The van der Waals surface area contributed by atoms with Gasteiger partial charge in [-0.05, 0) is 49.4 Å². The Morgan fingerprint density at radius 3 is 2.35 bits per heavy atom. The van der Waals surface area contributed by atoms with Crippen LogP contribution in [0, 0.1) is 5.92 Å². The number of carbonyl (C=O) groups excluding carboxylic acids is 1. The minimum Gasteiger partial charge on any atom is -0.466 e. The average Bonchev–Trinajstić information content (AvgIpc) is 2.74. The van der Waals surface area contributed by atoms with Crippen molar-refractivity contribution in [3.63, 3.8) is 0 Å². The molecule has 3 heterocycles. The first kappa shape index (κ1) is 17.3. The first-order chi connectivity index (χ1) is 12.6. The molecule has 2 aromatic carbocycles. The van der Waals surface area contributed by atoms with Crippen LogP contribution in [-0.2, 0) is 15.1 Å². The lowest BCUT2D eigenvalue weighted by molar-refractivity contribution is -0.159. The number of methoxy groups -OCH3 is 1. The predicted octanol–water partition coefficient (Wildman–Crippen LogP) is 3.25. The summed E-state index contributed by atoms with van der Waals surface area (Å²) in [5.74, 6) is 0.0909. The van der Waals surface area contributed by atoms with Gasteiger partial charge in [0.1, 0.15) is 0 Å². The van der Waals surface area contributed by atoms with Crippen LogP contribution in [0.1, 0.15) is 42.0 Å². The summed E-state index contributed by atoms with van der Waals surface area (Å²) in [5, 5.41) is 11.6. The van der Waals surface area contributed by atoms with Crippen LogP contribution in [0.25, 0.3) is 0 Å². The standard InChI is InChI=1S/C22H25NO3/c1-26-21(24)22(25,17-7-3-2-4-8-17)19-10-6-5-9-18(19)20-15-16-11-13-23(20)14-12-16/h2-10,16,20,25H,11-15H2,1H3. The van der Waals surface area contributed by atoms with Crippen molar-refractivity contribution in [3.8, 4) is 0 Å². The summed E-state index contributed by atoms with van der Waals surface area (Å²) < 4.78 is 5.03. The van der Waals surface area contributed by atoms with Crippen LogP contribution in [0.2, 0.25) is 0 Å². The van der Waals surface area contributed by atoms with Crippen molar-refractivity contribution in [1.29, 1.82) is 0 Å². The number of rotatable bonds is 4. The van der Waals surface area contributed by atoms with E-state index in [-0.39, 0.29) is 6.04 Å².